The van der Waals surface area contributed by atoms with Crippen molar-refractivity contribution in [1.82, 2.24) is 19.7 Å². The van der Waals surface area contributed by atoms with Gasteiger partial charge in [0.2, 0.25) is 5.43 Å². The maximum absolute atomic E-state index is 11.6. The molecule has 0 saturated heterocycles. The predicted octanol–water partition coefficient (Wildman–Crippen LogP) is 1.96. The van der Waals surface area contributed by atoms with Crippen LogP contribution in [0.15, 0.2) is 53.5 Å². The van der Waals surface area contributed by atoms with Gasteiger partial charge in [-0.25, -0.2) is 0 Å². The van der Waals surface area contributed by atoms with Gasteiger partial charge in [0, 0.05) is 49.2 Å². The molecule has 0 unspecified atom stereocenters. The second-order valence-electron chi connectivity index (χ2n) is 6.06. The normalized spacial score (nSPS) is 14.5. The fraction of sp³-hybridized carbons (Fsp3) is 0.222. The number of aromatic nitrogens is 3. The molecule has 0 amide bonds. The Morgan fingerprint density at radius 2 is 2.00 bits per heavy atom. The molecule has 0 bridgehead atoms. The molecular formula is C18H18N4O2. The van der Waals surface area contributed by atoms with E-state index in [1.54, 1.807) is 0 Å². The molecule has 1 aliphatic rings. The molecule has 122 valence electrons. The van der Waals surface area contributed by atoms with Gasteiger partial charge < -0.3 is 9.67 Å². The van der Waals surface area contributed by atoms with Crippen LogP contribution in [0.3, 0.4) is 0 Å². The number of nitrogens with zero attached hydrogens (tertiary/aromatic N) is 3. The van der Waals surface area contributed by atoms with Gasteiger partial charge >= 0.3 is 0 Å². The molecule has 4 rings (SSSR count). The summed E-state index contributed by atoms with van der Waals surface area (Å²) in [6.07, 6.45) is 1.53. The average molecular weight is 322 g/mol. The van der Waals surface area contributed by atoms with Gasteiger partial charge in [0.1, 0.15) is 0 Å². The number of fused-ring (bicyclic) bond motifs is 1. The highest BCUT2D eigenvalue weighted by Gasteiger charge is 2.18. The molecular weight excluding hydrogens is 304 g/mol. The first kappa shape index (κ1) is 14.7. The van der Waals surface area contributed by atoms with E-state index in [0.717, 1.165) is 42.3 Å². The molecule has 1 aliphatic heterocycles. The summed E-state index contributed by atoms with van der Waals surface area (Å²) < 4.78 is 1.94. The van der Waals surface area contributed by atoms with Crippen molar-refractivity contribution in [3.63, 3.8) is 0 Å². The molecule has 0 saturated carbocycles. The van der Waals surface area contributed by atoms with Crippen LogP contribution in [0.25, 0.3) is 11.3 Å². The van der Waals surface area contributed by atoms with Crippen molar-refractivity contribution in [2.24, 2.45) is 0 Å². The number of H-pyrrole nitrogens is 1. The Labute approximate surface area is 139 Å². The Balaban J connectivity index is 1.50. The molecule has 0 radical (unpaired) electrons. The lowest BCUT2D eigenvalue weighted by atomic mass is 10.1. The highest BCUT2D eigenvalue weighted by molar-refractivity contribution is 5.58. The third-order valence-electron chi connectivity index (χ3n) is 4.33. The van der Waals surface area contributed by atoms with Crippen molar-refractivity contribution in [1.29, 1.82) is 0 Å². The Hall–Kier alpha value is -2.86. The largest absolute Gasteiger partial charge is 0.503 e. The highest BCUT2D eigenvalue weighted by atomic mass is 16.3. The van der Waals surface area contributed by atoms with Crippen LogP contribution in [-0.2, 0) is 19.6 Å². The Morgan fingerprint density at radius 1 is 1.17 bits per heavy atom. The molecule has 3 heterocycles. The van der Waals surface area contributed by atoms with Crippen molar-refractivity contribution in [3.8, 4) is 17.0 Å². The predicted molar refractivity (Wildman–Crippen MR) is 90.5 cm³/mol. The SMILES string of the molecule is O=c1cc2n(cc1O)CCN(Cc1cc(-c3ccccc3)n[nH]1)C2. The minimum atomic E-state index is -0.323. The Kier molecular flexibility index (Phi) is 3.66. The first-order valence-electron chi connectivity index (χ1n) is 7.93. The van der Waals surface area contributed by atoms with E-state index in [4.69, 9.17) is 0 Å². The third-order valence-corrected chi connectivity index (χ3v) is 4.33. The number of pyridine rings is 1. The lowest BCUT2D eigenvalue weighted by molar-refractivity contribution is 0.207. The van der Waals surface area contributed by atoms with E-state index >= 15 is 0 Å². The molecule has 0 atom stereocenters. The molecule has 3 aromatic rings. The zero-order valence-corrected chi connectivity index (χ0v) is 13.1. The standard InChI is InChI=1S/C18H18N4O2/c23-17-9-15-11-21(6-7-22(15)12-18(17)24)10-14-8-16(20-19-14)13-4-2-1-3-5-13/h1-5,8-9,12,24H,6-7,10-11H2,(H,19,20). The van der Waals surface area contributed by atoms with Crippen LogP contribution in [0.2, 0.25) is 0 Å². The summed E-state index contributed by atoms with van der Waals surface area (Å²) in [4.78, 5) is 13.9. The van der Waals surface area contributed by atoms with Crippen LogP contribution >= 0.6 is 0 Å². The second-order valence-corrected chi connectivity index (χ2v) is 6.06. The van der Waals surface area contributed by atoms with Crippen LogP contribution in [0.5, 0.6) is 5.75 Å². The van der Waals surface area contributed by atoms with Crippen LogP contribution in [-0.4, -0.2) is 31.3 Å². The maximum atomic E-state index is 11.6. The van der Waals surface area contributed by atoms with E-state index in [0.29, 0.717) is 6.54 Å². The lowest BCUT2D eigenvalue weighted by Crippen LogP contribution is -2.34. The molecule has 2 N–H and O–H groups in total. The number of hydrogen-bond donors (Lipinski definition) is 2. The van der Waals surface area contributed by atoms with E-state index in [1.165, 1.54) is 12.3 Å². The van der Waals surface area contributed by atoms with Gasteiger partial charge in [-0.1, -0.05) is 30.3 Å². The summed E-state index contributed by atoms with van der Waals surface area (Å²) in [6.45, 7) is 3.03. The van der Waals surface area contributed by atoms with Gasteiger partial charge in [-0.3, -0.25) is 14.8 Å². The number of aromatic hydroxyl groups is 1. The number of benzene rings is 1. The number of rotatable bonds is 3. The molecule has 0 aliphatic carbocycles. The van der Waals surface area contributed by atoms with E-state index < -0.39 is 0 Å². The number of aromatic amines is 1. The quantitative estimate of drug-likeness (QED) is 0.773. The first-order valence-corrected chi connectivity index (χ1v) is 7.93. The second kappa shape index (κ2) is 5.98. The zero-order chi connectivity index (χ0) is 16.5. The number of hydrogen-bond acceptors (Lipinski definition) is 4. The van der Waals surface area contributed by atoms with Crippen LogP contribution in [0.1, 0.15) is 11.4 Å². The Bertz CT molecular complexity index is 914. The summed E-state index contributed by atoms with van der Waals surface area (Å²) in [5.41, 5.74) is 3.67. The summed E-state index contributed by atoms with van der Waals surface area (Å²) in [5, 5.41) is 17.0. The minimum absolute atomic E-state index is 0.187. The summed E-state index contributed by atoms with van der Waals surface area (Å²) >= 11 is 0. The minimum Gasteiger partial charge on any atom is -0.503 e. The smallest absolute Gasteiger partial charge is 0.223 e. The molecule has 24 heavy (non-hydrogen) atoms. The third kappa shape index (κ3) is 2.83. The van der Waals surface area contributed by atoms with Gasteiger partial charge in [-0.05, 0) is 6.07 Å². The fourth-order valence-electron chi connectivity index (χ4n) is 3.08. The van der Waals surface area contributed by atoms with Crippen molar-refractivity contribution in [3.05, 3.63) is 70.3 Å². The van der Waals surface area contributed by atoms with Gasteiger partial charge in [-0.2, -0.15) is 5.10 Å². The van der Waals surface area contributed by atoms with Crippen LogP contribution in [0.4, 0.5) is 0 Å². The summed E-state index contributed by atoms with van der Waals surface area (Å²) in [5.74, 6) is -0.187. The van der Waals surface area contributed by atoms with Gasteiger partial charge in [-0.15, -0.1) is 0 Å². The van der Waals surface area contributed by atoms with Gasteiger partial charge in [0.05, 0.1) is 11.9 Å². The topological polar surface area (TPSA) is 74.2 Å². The van der Waals surface area contributed by atoms with Crippen molar-refractivity contribution < 1.29 is 5.11 Å². The molecule has 0 fully saturated rings. The van der Waals surface area contributed by atoms with Gasteiger partial charge in [0.15, 0.2) is 5.75 Å². The van der Waals surface area contributed by atoms with Crippen LogP contribution < -0.4 is 5.43 Å². The molecule has 2 aromatic heterocycles. The molecule has 1 aromatic carbocycles. The fourth-order valence-corrected chi connectivity index (χ4v) is 3.08. The highest BCUT2D eigenvalue weighted by Crippen LogP contribution is 2.19. The maximum Gasteiger partial charge on any atom is 0.223 e. The summed E-state index contributed by atoms with van der Waals surface area (Å²) in [7, 11) is 0. The monoisotopic (exact) mass is 322 g/mol. The first-order chi connectivity index (χ1) is 11.7. The van der Waals surface area contributed by atoms with E-state index in [9.17, 15) is 9.90 Å². The lowest BCUT2D eigenvalue weighted by Gasteiger charge is -2.29. The van der Waals surface area contributed by atoms with Crippen molar-refractivity contribution in [2.45, 2.75) is 19.6 Å². The Morgan fingerprint density at radius 3 is 2.83 bits per heavy atom. The molecule has 6 heteroatoms. The summed E-state index contributed by atoms with van der Waals surface area (Å²) in [6, 6.07) is 13.6. The van der Waals surface area contributed by atoms with Crippen molar-refractivity contribution in [2.75, 3.05) is 6.54 Å². The van der Waals surface area contributed by atoms with Crippen molar-refractivity contribution >= 4 is 0 Å². The van der Waals surface area contributed by atoms with Gasteiger partial charge in [0.25, 0.3) is 0 Å². The average Bonchev–Trinajstić information content (AvgIpc) is 3.05. The molecule has 0 spiro atoms. The van der Waals surface area contributed by atoms with Crippen LogP contribution in [0, 0.1) is 0 Å². The molecule has 6 nitrogen and oxygen atoms in total. The van der Waals surface area contributed by atoms with E-state index in [1.807, 2.05) is 34.9 Å². The zero-order valence-electron chi connectivity index (χ0n) is 13.1. The van der Waals surface area contributed by atoms with E-state index in [2.05, 4.69) is 21.2 Å². The number of nitrogens with one attached hydrogen (secondary N) is 1. The van der Waals surface area contributed by atoms with E-state index in [-0.39, 0.29) is 11.2 Å².